The van der Waals surface area contributed by atoms with E-state index in [9.17, 15) is 0 Å². The van der Waals surface area contributed by atoms with Gasteiger partial charge in [0.2, 0.25) is 0 Å². The summed E-state index contributed by atoms with van der Waals surface area (Å²) < 4.78 is 2.31. The molecule has 1 aromatic carbocycles. The summed E-state index contributed by atoms with van der Waals surface area (Å²) in [6.45, 7) is 1.82. The number of anilines is 1. The highest BCUT2D eigenvalue weighted by molar-refractivity contribution is 7.80. The third-order valence-electron chi connectivity index (χ3n) is 4.21. The van der Waals surface area contributed by atoms with Gasteiger partial charge >= 0.3 is 0 Å². The minimum absolute atomic E-state index is 0.154. The summed E-state index contributed by atoms with van der Waals surface area (Å²) in [6, 6.07) is 16.3. The van der Waals surface area contributed by atoms with Crippen LogP contribution in [0, 0.1) is 0 Å². The van der Waals surface area contributed by atoms with Crippen LogP contribution in [0.5, 0.6) is 0 Å². The Balaban J connectivity index is 1.63. The molecule has 0 radical (unpaired) electrons. The van der Waals surface area contributed by atoms with Crippen molar-refractivity contribution < 1.29 is 0 Å². The maximum atomic E-state index is 5.96. The largest absolute Gasteiger partial charge is 0.347 e. The fourth-order valence-corrected chi connectivity index (χ4v) is 4.37. The van der Waals surface area contributed by atoms with Gasteiger partial charge in [-0.3, -0.25) is 0 Å². The van der Waals surface area contributed by atoms with E-state index >= 15 is 0 Å². The number of hydrogen-bond donors (Lipinski definition) is 1. The molecule has 1 N–H and O–H groups in total. The highest BCUT2D eigenvalue weighted by Crippen LogP contribution is 2.35. The summed E-state index contributed by atoms with van der Waals surface area (Å²) in [6.07, 6.45) is 2.14. The van der Waals surface area contributed by atoms with Gasteiger partial charge in [0.15, 0.2) is 5.11 Å². The Morgan fingerprint density at radius 1 is 1.12 bits per heavy atom. The van der Waals surface area contributed by atoms with Crippen LogP contribution < -0.4 is 5.32 Å². The van der Waals surface area contributed by atoms with Gasteiger partial charge in [-0.05, 0) is 60.1 Å². The summed E-state index contributed by atoms with van der Waals surface area (Å²) >= 11 is 13.4. The van der Waals surface area contributed by atoms with Crippen molar-refractivity contribution in [3.8, 4) is 0 Å². The second kappa shape index (κ2) is 6.59. The summed E-state index contributed by atoms with van der Waals surface area (Å²) in [5.41, 5.74) is 2.24. The Morgan fingerprint density at radius 2 is 1.96 bits per heavy atom. The maximum Gasteiger partial charge on any atom is 0.174 e. The van der Waals surface area contributed by atoms with Crippen molar-refractivity contribution in [1.29, 1.82) is 0 Å². The number of aromatic nitrogens is 1. The quantitative estimate of drug-likeness (QED) is 0.638. The molecule has 1 atom stereocenters. The van der Waals surface area contributed by atoms with E-state index in [1.807, 2.05) is 24.3 Å². The summed E-state index contributed by atoms with van der Waals surface area (Å²) in [5.74, 6) is 0. The molecule has 0 bridgehead atoms. The summed E-state index contributed by atoms with van der Waals surface area (Å²) in [4.78, 5) is 3.57. The van der Waals surface area contributed by atoms with Crippen molar-refractivity contribution in [2.24, 2.45) is 0 Å². The normalized spacial score (nSPS) is 16.7. The van der Waals surface area contributed by atoms with Crippen LogP contribution in [0.4, 0.5) is 5.69 Å². The fraction of sp³-hybridized carbons (Fsp3) is 0.167. The van der Waals surface area contributed by atoms with Crippen LogP contribution in [0.25, 0.3) is 0 Å². The lowest BCUT2D eigenvalue weighted by Crippen LogP contribution is -2.44. The first-order valence-electron chi connectivity index (χ1n) is 7.74. The molecule has 122 valence electrons. The number of benzene rings is 1. The van der Waals surface area contributed by atoms with Gasteiger partial charge < -0.3 is 14.8 Å². The Hall–Kier alpha value is -1.82. The van der Waals surface area contributed by atoms with Gasteiger partial charge in [0, 0.05) is 40.6 Å². The zero-order valence-corrected chi connectivity index (χ0v) is 15.2. The van der Waals surface area contributed by atoms with Crippen LogP contribution in [-0.4, -0.2) is 21.1 Å². The lowest BCUT2D eigenvalue weighted by molar-refractivity contribution is 0.297. The van der Waals surface area contributed by atoms with Crippen molar-refractivity contribution in [1.82, 2.24) is 9.47 Å². The molecular weight excluding hydrogens is 358 g/mol. The van der Waals surface area contributed by atoms with E-state index in [0.717, 1.165) is 28.9 Å². The molecule has 0 aliphatic carbocycles. The van der Waals surface area contributed by atoms with E-state index in [0.29, 0.717) is 0 Å². The Bertz CT molecular complexity index is 840. The first-order valence-corrected chi connectivity index (χ1v) is 9.40. The third-order valence-corrected chi connectivity index (χ3v) is 5.72. The molecule has 1 aliphatic heterocycles. The Morgan fingerprint density at radius 3 is 2.71 bits per heavy atom. The van der Waals surface area contributed by atoms with Crippen molar-refractivity contribution in [2.45, 2.75) is 12.6 Å². The zero-order valence-electron chi connectivity index (χ0n) is 12.9. The molecule has 4 rings (SSSR count). The molecule has 24 heavy (non-hydrogen) atoms. The van der Waals surface area contributed by atoms with Crippen LogP contribution >= 0.6 is 35.2 Å². The predicted molar refractivity (Wildman–Crippen MR) is 105 cm³/mol. The van der Waals surface area contributed by atoms with Gasteiger partial charge in [0.25, 0.3) is 0 Å². The molecular formula is C18H16ClN3S2. The summed E-state index contributed by atoms with van der Waals surface area (Å²) in [5, 5.41) is 6.92. The molecule has 0 saturated heterocycles. The van der Waals surface area contributed by atoms with E-state index in [-0.39, 0.29) is 6.04 Å². The van der Waals surface area contributed by atoms with Crippen LogP contribution in [0.1, 0.15) is 16.6 Å². The van der Waals surface area contributed by atoms with Gasteiger partial charge in [0.05, 0.1) is 0 Å². The standard InChI is InChI=1S/C18H16ClN3S2/c19-13-5-7-14(8-6-13)20-18(23)22-11-10-21-9-1-3-15(21)17(22)16-4-2-12-24-16/h1-9,12,17H,10-11H2,(H,20,23). The summed E-state index contributed by atoms with van der Waals surface area (Å²) in [7, 11) is 0. The molecule has 0 amide bonds. The predicted octanol–water partition coefficient (Wildman–Crippen LogP) is 5.01. The van der Waals surface area contributed by atoms with Crippen molar-refractivity contribution in [2.75, 3.05) is 11.9 Å². The molecule has 6 heteroatoms. The highest BCUT2D eigenvalue weighted by atomic mass is 35.5. The molecule has 3 aromatic rings. The monoisotopic (exact) mass is 373 g/mol. The first kappa shape index (κ1) is 15.7. The second-order valence-corrected chi connectivity index (χ2v) is 7.48. The van der Waals surface area contributed by atoms with Crippen LogP contribution in [0.3, 0.4) is 0 Å². The van der Waals surface area contributed by atoms with E-state index < -0.39 is 0 Å². The smallest absolute Gasteiger partial charge is 0.174 e. The Labute approximate surface area is 155 Å². The van der Waals surface area contributed by atoms with E-state index in [4.69, 9.17) is 23.8 Å². The Kier molecular flexibility index (Phi) is 4.31. The average Bonchev–Trinajstić information content (AvgIpc) is 3.27. The van der Waals surface area contributed by atoms with Crippen molar-refractivity contribution >= 4 is 46.0 Å². The second-order valence-electron chi connectivity index (χ2n) is 5.67. The zero-order chi connectivity index (χ0) is 16.5. The van der Waals surface area contributed by atoms with Crippen molar-refractivity contribution in [3.63, 3.8) is 0 Å². The van der Waals surface area contributed by atoms with Crippen molar-refractivity contribution in [3.05, 3.63) is 75.7 Å². The number of thiocarbonyl (C=S) groups is 1. The van der Waals surface area contributed by atoms with Crippen LogP contribution in [0.2, 0.25) is 5.02 Å². The number of thiophene rings is 1. The molecule has 1 unspecified atom stereocenters. The highest BCUT2D eigenvalue weighted by Gasteiger charge is 2.31. The molecule has 3 nitrogen and oxygen atoms in total. The number of fused-ring (bicyclic) bond motifs is 1. The molecule has 0 saturated carbocycles. The lowest BCUT2D eigenvalue weighted by Gasteiger charge is -2.38. The number of hydrogen-bond acceptors (Lipinski definition) is 2. The number of halogens is 1. The molecule has 3 heterocycles. The lowest BCUT2D eigenvalue weighted by atomic mass is 10.1. The van der Waals surface area contributed by atoms with Crippen LogP contribution in [0.15, 0.2) is 60.1 Å². The van der Waals surface area contributed by atoms with Gasteiger partial charge in [-0.2, -0.15) is 0 Å². The van der Waals surface area contributed by atoms with E-state index in [2.05, 4.69) is 50.6 Å². The molecule has 0 fully saturated rings. The van der Waals surface area contributed by atoms with Crippen LogP contribution in [-0.2, 0) is 6.54 Å². The minimum Gasteiger partial charge on any atom is -0.347 e. The molecule has 2 aromatic heterocycles. The van der Waals surface area contributed by atoms with Gasteiger partial charge in [-0.15, -0.1) is 11.3 Å². The van der Waals surface area contributed by atoms with E-state index in [1.165, 1.54) is 10.6 Å². The third kappa shape index (κ3) is 2.95. The fourth-order valence-electron chi connectivity index (χ4n) is 3.08. The number of rotatable bonds is 2. The topological polar surface area (TPSA) is 20.2 Å². The molecule has 0 spiro atoms. The maximum absolute atomic E-state index is 5.96. The van der Waals surface area contributed by atoms with Gasteiger partial charge in [0.1, 0.15) is 6.04 Å². The van der Waals surface area contributed by atoms with Gasteiger partial charge in [-0.25, -0.2) is 0 Å². The SMILES string of the molecule is S=C(Nc1ccc(Cl)cc1)N1CCn2cccc2C1c1cccs1. The number of nitrogens with zero attached hydrogens (tertiary/aromatic N) is 2. The first-order chi connectivity index (χ1) is 11.7. The van der Waals surface area contributed by atoms with E-state index in [1.54, 1.807) is 11.3 Å². The number of nitrogens with one attached hydrogen (secondary N) is 1. The average molecular weight is 374 g/mol. The molecule has 1 aliphatic rings. The van der Waals surface area contributed by atoms with Gasteiger partial charge in [-0.1, -0.05) is 17.7 Å². The minimum atomic E-state index is 0.154.